The average molecular weight is 407 g/mol. The number of benzene rings is 2. The number of rotatable bonds is 9. The van der Waals surface area contributed by atoms with E-state index in [1.165, 1.54) is 24.1 Å². The number of carbonyl (C=O) groups excluding carboxylic acids is 1. The number of piperazine rings is 1. The SMILES string of the molecule is CCN(CC(=O)Nc1ccc(N2CCN(Cc3ccccc3)CC2)cc1)CC1CC1. The molecule has 1 aliphatic carbocycles. The van der Waals surface area contributed by atoms with Crippen LogP contribution in [0.2, 0.25) is 0 Å². The lowest BCUT2D eigenvalue weighted by atomic mass is 10.2. The maximum atomic E-state index is 12.4. The largest absolute Gasteiger partial charge is 0.369 e. The number of nitrogens with one attached hydrogen (secondary N) is 1. The maximum Gasteiger partial charge on any atom is 0.238 e. The van der Waals surface area contributed by atoms with Crippen molar-refractivity contribution >= 4 is 17.3 Å². The summed E-state index contributed by atoms with van der Waals surface area (Å²) in [7, 11) is 0. The van der Waals surface area contributed by atoms with Gasteiger partial charge in [-0.2, -0.15) is 0 Å². The number of amides is 1. The highest BCUT2D eigenvalue weighted by atomic mass is 16.2. The first kappa shape index (κ1) is 20.9. The van der Waals surface area contributed by atoms with Gasteiger partial charge in [0.15, 0.2) is 0 Å². The topological polar surface area (TPSA) is 38.8 Å². The van der Waals surface area contributed by atoms with E-state index in [-0.39, 0.29) is 5.91 Å². The molecule has 0 bridgehead atoms. The highest BCUT2D eigenvalue weighted by Crippen LogP contribution is 2.29. The molecule has 1 heterocycles. The number of likely N-dealkylation sites (N-methyl/N-ethyl adjacent to an activating group) is 1. The van der Waals surface area contributed by atoms with Crippen LogP contribution in [0.3, 0.4) is 0 Å². The van der Waals surface area contributed by atoms with Crippen LogP contribution < -0.4 is 10.2 Å². The van der Waals surface area contributed by atoms with Gasteiger partial charge in [-0.25, -0.2) is 0 Å². The number of nitrogens with zero attached hydrogens (tertiary/aromatic N) is 3. The number of anilines is 2. The molecule has 30 heavy (non-hydrogen) atoms. The van der Waals surface area contributed by atoms with E-state index >= 15 is 0 Å². The summed E-state index contributed by atoms with van der Waals surface area (Å²) < 4.78 is 0. The van der Waals surface area contributed by atoms with Crippen LogP contribution >= 0.6 is 0 Å². The quantitative estimate of drug-likeness (QED) is 0.690. The summed E-state index contributed by atoms with van der Waals surface area (Å²) in [5, 5.41) is 3.06. The van der Waals surface area contributed by atoms with Crippen molar-refractivity contribution in [3.8, 4) is 0 Å². The van der Waals surface area contributed by atoms with Crippen LogP contribution in [0.5, 0.6) is 0 Å². The summed E-state index contributed by atoms with van der Waals surface area (Å²) in [5.74, 6) is 0.893. The zero-order valence-electron chi connectivity index (χ0n) is 18.1. The number of carbonyl (C=O) groups is 1. The van der Waals surface area contributed by atoms with Crippen LogP contribution in [0.25, 0.3) is 0 Å². The molecule has 0 aromatic heterocycles. The van der Waals surface area contributed by atoms with E-state index in [4.69, 9.17) is 0 Å². The van der Waals surface area contributed by atoms with E-state index in [0.717, 1.165) is 57.4 Å². The van der Waals surface area contributed by atoms with Crippen molar-refractivity contribution in [3.63, 3.8) is 0 Å². The Labute approximate surface area is 180 Å². The highest BCUT2D eigenvalue weighted by molar-refractivity contribution is 5.92. The van der Waals surface area contributed by atoms with Gasteiger partial charge in [0.25, 0.3) is 0 Å². The average Bonchev–Trinajstić information content (AvgIpc) is 3.59. The van der Waals surface area contributed by atoms with Gasteiger partial charge in [-0.15, -0.1) is 0 Å². The van der Waals surface area contributed by atoms with Crippen LogP contribution in [-0.2, 0) is 11.3 Å². The predicted molar refractivity (Wildman–Crippen MR) is 124 cm³/mol. The summed E-state index contributed by atoms with van der Waals surface area (Å²) in [6.45, 7) is 9.83. The first-order valence-electron chi connectivity index (χ1n) is 11.3. The summed E-state index contributed by atoms with van der Waals surface area (Å²) >= 11 is 0. The zero-order valence-corrected chi connectivity index (χ0v) is 18.1. The highest BCUT2D eigenvalue weighted by Gasteiger charge is 2.24. The smallest absolute Gasteiger partial charge is 0.238 e. The lowest BCUT2D eigenvalue weighted by Crippen LogP contribution is -2.45. The van der Waals surface area contributed by atoms with Gasteiger partial charge < -0.3 is 10.2 Å². The van der Waals surface area contributed by atoms with E-state index in [1.807, 2.05) is 12.1 Å². The molecule has 2 aromatic carbocycles. The molecule has 1 saturated heterocycles. The Morgan fingerprint density at radius 1 is 1.00 bits per heavy atom. The molecule has 0 unspecified atom stereocenters. The molecule has 4 rings (SSSR count). The van der Waals surface area contributed by atoms with Gasteiger partial charge in [0, 0.05) is 50.6 Å². The molecule has 1 amide bonds. The second-order valence-corrected chi connectivity index (χ2v) is 8.61. The van der Waals surface area contributed by atoms with Crippen molar-refractivity contribution in [2.45, 2.75) is 26.3 Å². The number of hydrogen-bond acceptors (Lipinski definition) is 4. The van der Waals surface area contributed by atoms with Gasteiger partial charge in [0.1, 0.15) is 0 Å². The van der Waals surface area contributed by atoms with Gasteiger partial charge in [-0.3, -0.25) is 14.6 Å². The lowest BCUT2D eigenvalue weighted by Gasteiger charge is -2.36. The van der Waals surface area contributed by atoms with Gasteiger partial charge in [-0.05, 0) is 55.1 Å². The van der Waals surface area contributed by atoms with Crippen LogP contribution in [0.15, 0.2) is 54.6 Å². The summed E-state index contributed by atoms with van der Waals surface area (Å²) in [6, 6.07) is 19.0. The van der Waals surface area contributed by atoms with Crippen molar-refractivity contribution in [2.24, 2.45) is 5.92 Å². The number of hydrogen-bond donors (Lipinski definition) is 1. The molecule has 2 fully saturated rings. The van der Waals surface area contributed by atoms with Gasteiger partial charge >= 0.3 is 0 Å². The van der Waals surface area contributed by atoms with Crippen LogP contribution in [0.1, 0.15) is 25.3 Å². The fraction of sp³-hybridized carbons (Fsp3) is 0.480. The summed E-state index contributed by atoms with van der Waals surface area (Å²) in [5.41, 5.74) is 3.50. The third kappa shape index (κ3) is 6.07. The van der Waals surface area contributed by atoms with E-state index < -0.39 is 0 Å². The van der Waals surface area contributed by atoms with Crippen molar-refractivity contribution in [3.05, 3.63) is 60.2 Å². The van der Waals surface area contributed by atoms with Crippen molar-refractivity contribution in [1.82, 2.24) is 9.80 Å². The van der Waals surface area contributed by atoms with Crippen molar-refractivity contribution in [2.75, 3.05) is 56.0 Å². The molecular formula is C25H34N4O. The Hall–Kier alpha value is -2.37. The lowest BCUT2D eigenvalue weighted by molar-refractivity contribution is -0.117. The summed E-state index contributed by atoms with van der Waals surface area (Å²) in [6.07, 6.45) is 2.64. The molecule has 1 saturated carbocycles. The standard InChI is InChI=1S/C25H34N4O/c1-2-27(18-22-8-9-22)20-25(30)26-23-10-12-24(13-11-23)29-16-14-28(15-17-29)19-21-6-4-3-5-7-21/h3-7,10-13,22H,2,8-9,14-20H2,1H3,(H,26,30). The molecule has 0 radical (unpaired) electrons. The van der Waals surface area contributed by atoms with E-state index in [9.17, 15) is 4.79 Å². The Morgan fingerprint density at radius 2 is 1.70 bits per heavy atom. The van der Waals surface area contributed by atoms with Crippen LogP contribution in [-0.4, -0.2) is 61.5 Å². The van der Waals surface area contributed by atoms with Crippen LogP contribution in [0.4, 0.5) is 11.4 Å². The first-order valence-corrected chi connectivity index (χ1v) is 11.3. The van der Waals surface area contributed by atoms with E-state index in [1.54, 1.807) is 0 Å². The Kier molecular flexibility index (Phi) is 7.03. The molecule has 5 heteroatoms. The Morgan fingerprint density at radius 3 is 2.33 bits per heavy atom. The van der Waals surface area contributed by atoms with Crippen molar-refractivity contribution < 1.29 is 4.79 Å². The minimum absolute atomic E-state index is 0.0831. The molecule has 0 spiro atoms. The van der Waals surface area contributed by atoms with Gasteiger partial charge in [-0.1, -0.05) is 37.3 Å². The van der Waals surface area contributed by atoms with E-state index in [2.05, 4.69) is 69.4 Å². The second kappa shape index (κ2) is 10.1. The Bertz CT molecular complexity index is 796. The molecule has 2 aliphatic rings. The molecule has 160 valence electrons. The molecule has 5 nitrogen and oxygen atoms in total. The third-order valence-corrected chi connectivity index (χ3v) is 6.17. The Balaban J connectivity index is 1.23. The first-order chi connectivity index (χ1) is 14.7. The van der Waals surface area contributed by atoms with Crippen molar-refractivity contribution in [1.29, 1.82) is 0 Å². The molecular weight excluding hydrogens is 372 g/mol. The normalized spacial score (nSPS) is 17.3. The van der Waals surface area contributed by atoms with Gasteiger partial charge in [0.05, 0.1) is 6.54 Å². The predicted octanol–water partition coefficient (Wildman–Crippen LogP) is 3.68. The molecule has 0 atom stereocenters. The third-order valence-electron chi connectivity index (χ3n) is 6.17. The second-order valence-electron chi connectivity index (χ2n) is 8.61. The monoisotopic (exact) mass is 406 g/mol. The van der Waals surface area contributed by atoms with Gasteiger partial charge in [0.2, 0.25) is 5.91 Å². The molecule has 2 aromatic rings. The minimum Gasteiger partial charge on any atom is -0.369 e. The summed E-state index contributed by atoms with van der Waals surface area (Å²) in [4.78, 5) is 19.6. The molecule has 1 aliphatic heterocycles. The van der Waals surface area contributed by atoms with E-state index in [0.29, 0.717) is 6.54 Å². The zero-order chi connectivity index (χ0) is 20.8. The minimum atomic E-state index is 0.0831. The van der Waals surface area contributed by atoms with Crippen LogP contribution in [0, 0.1) is 5.92 Å². The fourth-order valence-electron chi connectivity index (χ4n) is 4.14. The maximum absolute atomic E-state index is 12.4. The molecule has 1 N–H and O–H groups in total. The fourth-order valence-corrected chi connectivity index (χ4v) is 4.14.